The molecule has 2 aromatic heterocycles. The molecule has 0 atom stereocenters. The third-order valence-electron chi connectivity index (χ3n) is 3.24. The number of aryl methyl sites for hydroxylation is 2. The SMILES string of the molecule is Cc1noc(C)c1S(=O)(=O)Nc1cccc(-n2cccc2)c1. The number of nitrogens with one attached hydrogen (secondary N) is 1. The Bertz CT molecular complexity index is 877. The van der Waals surface area contributed by atoms with Crippen molar-refractivity contribution < 1.29 is 12.9 Å². The molecule has 6 nitrogen and oxygen atoms in total. The van der Waals surface area contributed by atoms with Crippen LogP contribution in [0.3, 0.4) is 0 Å². The van der Waals surface area contributed by atoms with Gasteiger partial charge in [-0.25, -0.2) is 8.42 Å². The summed E-state index contributed by atoms with van der Waals surface area (Å²) in [5.41, 5.74) is 1.68. The first-order valence-electron chi connectivity index (χ1n) is 6.66. The quantitative estimate of drug-likeness (QED) is 0.802. The van der Waals surface area contributed by atoms with Crippen LogP contribution in [0.4, 0.5) is 5.69 Å². The topological polar surface area (TPSA) is 77.1 Å². The molecule has 0 fully saturated rings. The van der Waals surface area contributed by atoms with E-state index in [0.29, 0.717) is 11.4 Å². The number of anilines is 1. The molecule has 0 bridgehead atoms. The number of rotatable bonds is 4. The van der Waals surface area contributed by atoms with Crippen molar-refractivity contribution in [2.45, 2.75) is 18.7 Å². The number of nitrogens with zero attached hydrogens (tertiary/aromatic N) is 2. The molecule has 22 heavy (non-hydrogen) atoms. The van der Waals surface area contributed by atoms with Gasteiger partial charge in [0.05, 0.1) is 5.69 Å². The fraction of sp³-hybridized carbons (Fsp3) is 0.133. The number of benzene rings is 1. The molecule has 0 radical (unpaired) electrons. The van der Waals surface area contributed by atoms with Gasteiger partial charge < -0.3 is 9.09 Å². The Morgan fingerprint density at radius 3 is 2.50 bits per heavy atom. The highest BCUT2D eigenvalue weighted by Crippen LogP contribution is 2.23. The van der Waals surface area contributed by atoms with Gasteiger partial charge >= 0.3 is 0 Å². The summed E-state index contributed by atoms with van der Waals surface area (Å²) >= 11 is 0. The lowest BCUT2D eigenvalue weighted by Crippen LogP contribution is -2.14. The zero-order valence-corrected chi connectivity index (χ0v) is 13.0. The zero-order valence-electron chi connectivity index (χ0n) is 12.1. The van der Waals surface area contributed by atoms with E-state index in [2.05, 4.69) is 9.88 Å². The van der Waals surface area contributed by atoms with Crippen molar-refractivity contribution in [3.8, 4) is 5.69 Å². The van der Waals surface area contributed by atoms with E-state index in [1.54, 1.807) is 32.0 Å². The van der Waals surface area contributed by atoms with E-state index in [0.717, 1.165) is 5.69 Å². The standard InChI is InChI=1S/C15H15N3O3S/c1-11-15(12(2)21-16-11)22(19,20)17-13-6-5-7-14(10-13)18-8-3-4-9-18/h3-10,17H,1-2H3. The van der Waals surface area contributed by atoms with E-state index in [9.17, 15) is 8.42 Å². The van der Waals surface area contributed by atoms with Crippen LogP contribution in [0.25, 0.3) is 5.69 Å². The predicted molar refractivity (Wildman–Crippen MR) is 82.6 cm³/mol. The Morgan fingerprint density at radius 2 is 1.86 bits per heavy atom. The maximum Gasteiger partial charge on any atom is 0.267 e. The molecular weight excluding hydrogens is 302 g/mol. The first-order chi connectivity index (χ1) is 10.5. The Labute approximate surface area is 128 Å². The molecule has 0 amide bonds. The molecular formula is C15H15N3O3S. The predicted octanol–water partition coefficient (Wildman–Crippen LogP) is 2.88. The Morgan fingerprint density at radius 1 is 1.14 bits per heavy atom. The molecule has 0 aliphatic heterocycles. The second-order valence-electron chi connectivity index (χ2n) is 4.90. The minimum Gasteiger partial charge on any atom is -0.360 e. The molecule has 3 aromatic rings. The lowest BCUT2D eigenvalue weighted by Gasteiger charge is -2.09. The molecule has 0 aliphatic rings. The Balaban J connectivity index is 1.95. The van der Waals surface area contributed by atoms with E-state index in [1.807, 2.05) is 35.2 Å². The third-order valence-corrected chi connectivity index (χ3v) is 4.86. The highest BCUT2D eigenvalue weighted by Gasteiger charge is 2.24. The molecule has 1 N–H and O–H groups in total. The van der Waals surface area contributed by atoms with Gasteiger partial charge in [0.1, 0.15) is 5.69 Å². The first-order valence-corrected chi connectivity index (χ1v) is 8.15. The molecule has 0 saturated carbocycles. The van der Waals surface area contributed by atoms with Crippen molar-refractivity contribution >= 4 is 15.7 Å². The van der Waals surface area contributed by atoms with Crippen LogP contribution in [-0.2, 0) is 10.0 Å². The van der Waals surface area contributed by atoms with Crippen LogP contribution in [0.5, 0.6) is 0 Å². The first kappa shape index (κ1) is 14.4. The average molecular weight is 317 g/mol. The highest BCUT2D eigenvalue weighted by molar-refractivity contribution is 7.92. The van der Waals surface area contributed by atoms with Gasteiger partial charge in [-0.1, -0.05) is 11.2 Å². The minimum absolute atomic E-state index is 0.0823. The van der Waals surface area contributed by atoms with Gasteiger partial charge in [-0.3, -0.25) is 4.72 Å². The van der Waals surface area contributed by atoms with Crippen LogP contribution in [-0.4, -0.2) is 18.1 Å². The molecule has 0 saturated heterocycles. The largest absolute Gasteiger partial charge is 0.360 e. The van der Waals surface area contributed by atoms with Crippen LogP contribution in [0.2, 0.25) is 0 Å². The Hall–Kier alpha value is -2.54. The smallest absolute Gasteiger partial charge is 0.267 e. The van der Waals surface area contributed by atoms with Crippen molar-refractivity contribution in [1.29, 1.82) is 0 Å². The van der Waals surface area contributed by atoms with Crippen LogP contribution in [0, 0.1) is 13.8 Å². The maximum absolute atomic E-state index is 12.5. The van der Waals surface area contributed by atoms with Gasteiger partial charge in [-0.05, 0) is 44.2 Å². The van der Waals surface area contributed by atoms with Crippen LogP contribution < -0.4 is 4.72 Å². The molecule has 3 rings (SSSR count). The van der Waals surface area contributed by atoms with Crippen LogP contribution in [0.15, 0.2) is 58.2 Å². The second kappa shape index (κ2) is 5.34. The molecule has 2 heterocycles. The van der Waals surface area contributed by atoms with Crippen molar-refractivity contribution in [1.82, 2.24) is 9.72 Å². The van der Waals surface area contributed by atoms with Crippen molar-refractivity contribution in [3.63, 3.8) is 0 Å². The van der Waals surface area contributed by atoms with E-state index >= 15 is 0 Å². The van der Waals surface area contributed by atoms with Gasteiger partial charge in [-0.2, -0.15) is 0 Å². The number of sulfonamides is 1. The maximum atomic E-state index is 12.5. The highest BCUT2D eigenvalue weighted by atomic mass is 32.2. The van der Waals surface area contributed by atoms with E-state index in [1.165, 1.54) is 0 Å². The van der Waals surface area contributed by atoms with Crippen molar-refractivity contribution in [2.24, 2.45) is 0 Å². The summed E-state index contributed by atoms with van der Waals surface area (Å²) in [5, 5.41) is 3.68. The van der Waals surface area contributed by atoms with E-state index < -0.39 is 10.0 Å². The average Bonchev–Trinajstić information content (AvgIpc) is 3.09. The fourth-order valence-electron chi connectivity index (χ4n) is 2.30. The zero-order chi connectivity index (χ0) is 15.7. The second-order valence-corrected chi connectivity index (χ2v) is 6.52. The lowest BCUT2D eigenvalue weighted by molar-refractivity contribution is 0.390. The van der Waals surface area contributed by atoms with Gasteiger partial charge in [-0.15, -0.1) is 0 Å². The van der Waals surface area contributed by atoms with Crippen LogP contribution >= 0.6 is 0 Å². The van der Waals surface area contributed by atoms with E-state index in [-0.39, 0.29) is 10.7 Å². The van der Waals surface area contributed by atoms with Crippen molar-refractivity contribution in [2.75, 3.05) is 4.72 Å². The molecule has 114 valence electrons. The third kappa shape index (κ3) is 2.62. The van der Waals surface area contributed by atoms with Gasteiger partial charge in [0.2, 0.25) is 0 Å². The van der Waals surface area contributed by atoms with Crippen LogP contribution in [0.1, 0.15) is 11.5 Å². The normalized spacial score (nSPS) is 11.5. The lowest BCUT2D eigenvalue weighted by atomic mass is 10.3. The molecule has 7 heteroatoms. The monoisotopic (exact) mass is 317 g/mol. The summed E-state index contributed by atoms with van der Waals surface area (Å²) in [4.78, 5) is 0.0823. The van der Waals surface area contributed by atoms with Gasteiger partial charge in [0.25, 0.3) is 10.0 Å². The van der Waals surface area contributed by atoms with Crippen molar-refractivity contribution in [3.05, 3.63) is 60.2 Å². The fourth-order valence-corrected chi connectivity index (χ4v) is 3.68. The molecule has 0 unspecified atom stereocenters. The summed E-state index contributed by atoms with van der Waals surface area (Å²) in [5.74, 6) is 0.270. The summed E-state index contributed by atoms with van der Waals surface area (Å²) < 4.78 is 34.4. The van der Waals surface area contributed by atoms with Gasteiger partial charge in [0, 0.05) is 18.1 Å². The summed E-state index contributed by atoms with van der Waals surface area (Å²) in [6.07, 6.45) is 3.78. The summed E-state index contributed by atoms with van der Waals surface area (Å²) in [6.45, 7) is 3.17. The van der Waals surface area contributed by atoms with E-state index in [4.69, 9.17) is 4.52 Å². The van der Waals surface area contributed by atoms with Gasteiger partial charge in [0.15, 0.2) is 10.7 Å². The number of aromatic nitrogens is 2. The molecule has 0 aliphatic carbocycles. The molecule has 0 spiro atoms. The summed E-state index contributed by atoms with van der Waals surface area (Å²) in [7, 11) is -3.73. The minimum atomic E-state index is -3.73. The Kier molecular flexibility index (Phi) is 3.50. The number of hydrogen-bond donors (Lipinski definition) is 1. The summed E-state index contributed by atoms with van der Waals surface area (Å²) in [6, 6.07) is 11.0. The number of hydrogen-bond acceptors (Lipinski definition) is 4. The molecule has 1 aromatic carbocycles.